The number of benzene rings is 1. The molecular weight excluding hydrogens is 276 g/mol. The van der Waals surface area contributed by atoms with Crippen LogP contribution >= 0.6 is 0 Å². The van der Waals surface area contributed by atoms with Crippen LogP contribution in [0.5, 0.6) is 0 Å². The Balaban J connectivity index is 1.82. The Morgan fingerprint density at radius 3 is 2.59 bits per heavy atom. The van der Waals surface area contributed by atoms with Crippen LogP contribution in [0, 0.1) is 11.8 Å². The third-order valence-corrected chi connectivity index (χ3v) is 4.12. The van der Waals surface area contributed by atoms with Gasteiger partial charge in [-0.2, -0.15) is 0 Å². The molecule has 4 nitrogen and oxygen atoms in total. The lowest BCUT2D eigenvalue weighted by Crippen LogP contribution is -2.35. The van der Waals surface area contributed by atoms with Crippen LogP contribution in [-0.2, 0) is 9.59 Å². The highest BCUT2D eigenvalue weighted by Crippen LogP contribution is 2.20. The second-order valence-electron chi connectivity index (χ2n) is 6.65. The minimum Gasteiger partial charge on any atom is -0.355 e. The fourth-order valence-corrected chi connectivity index (χ4v) is 2.86. The van der Waals surface area contributed by atoms with E-state index in [-0.39, 0.29) is 23.7 Å². The van der Waals surface area contributed by atoms with Gasteiger partial charge < -0.3 is 10.2 Å². The molecule has 0 aromatic heterocycles. The number of carbonyl (C=O) groups is 2. The largest absolute Gasteiger partial charge is 0.355 e. The van der Waals surface area contributed by atoms with Crippen molar-refractivity contribution in [3.8, 4) is 0 Å². The summed E-state index contributed by atoms with van der Waals surface area (Å²) in [5.41, 5.74) is 1.21. The third kappa shape index (κ3) is 4.33. The van der Waals surface area contributed by atoms with Crippen molar-refractivity contribution in [1.82, 2.24) is 10.2 Å². The van der Waals surface area contributed by atoms with E-state index in [0.717, 1.165) is 6.54 Å². The summed E-state index contributed by atoms with van der Waals surface area (Å²) in [5.74, 6) is 0.611. The molecule has 4 heteroatoms. The van der Waals surface area contributed by atoms with E-state index in [1.165, 1.54) is 5.56 Å². The topological polar surface area (TPSA) is 49.4 Å². The molecule has 1 fully saturated rings. The molecule has 2 atom stereocenters. The van der Waals surface area contributed by atoms with Crippen LogP contribution in [0.15, 0.2) is 30.3 Å². The molecule has 0 bridgehead atoms. The Morgan fingerprint density at radius 1 is 1.27 bits per heavy atom. The maximum Gasteiger partial charge on any atom is 0.225 e. The molecule has 1 saturated heterocycles. The number of hydrogen-bond donors (Lipinski definition) is 1. The molecule has 0 radical (unpaired) electrons. The summed E-state index contributed by atoms with van der Waals surface area (Å²) in [6.07, 6.45) is 0.346. The first-order valence-electron chi connectivity index (χ1n) is 8.07. The maximum absolute atomic E-state index is 12.3. The van der Waals surface area contributed by atoms with Crippen LogP contribution < -0.4 is 5.32 Å². The first kappa shape index (κ1) is 16.5. The van der Waals surface area contributed by atoms with Crippen LogP contribution in [0.25, 0.3) is 0 Å². The SMILES string of the molecule is CC(C)CN1CC(C(=O)NCC(C)c2ccccc2)CC1=O. The summed E-state index contributed by atoms with van der Waals surface area (Å²) in [5, 5.41) is 3.00. The zero-order valence-electron chi connectivity index (χ0n) is 13.7. The van der Waals surface area contributed by atoms with E-state index in [1.54, 1.807) is 0 Å². The van der Waals surface area contributed by atoms with Crippen molar-refractivity contribution >= 4 is 11.8 Å². The number of hydrogen-bond acceptors (Lipinski definition) is 2. The van der Waals surface area contributed by atoms with Crippen molar-refractivity contribution in [2.45, 2.75) is 33.1 Å². The van der Waals surface area contributed by atoms with Crippen LogP contribution in [0.2, 0.25) is 0 Å². The van der Waals surface area contributed by atoms with Gasteiger partial charge in [-0.3, -0.25) is 9.59 Å². The number of carbonyl (C=O) groups excluding carboxylic acids is 2. The van der Waals surface area contributed by atoms with Gasteiger partial charge in [0, 0.05) is 26.1 Å². The predicted octanol–water partition coefficient (Wildman–Crippen LogP) is 2.41. The highest BCUT2D eigenvalue weighted by Gasteiger charge is 2.34. The monoisotopic (exact) mass is 302 g/mol. The second-order valence-corrected chi connectivity index (χ2v) is 6.65. The Morgan fingerprint density at radius 2 is 1.95 bits per heavy atom. The van der Waals surface area contributed by atoms with Gasteiger partial charge in [-0.1, -0.05) is 51.1 Å². The number of nitrogens with one attached hydrogen (secondary N) is 1. The fraction of sp³-hybridized carbons (Fsp3) is 0.556. The summed E-state index contributed by atoms with van der Waals surface area (Å²) in [4.78, 5) is 26.0. The number of rotatable bonds is 6. The summed E-state index contributed by atoms with van der Waals surface area (Å²) < 4.78 is 0. The average Bonchev–Trinajstić information content (AvgIpc) is 2.86. The summed E-state index contributed by atoms with van der Waals surface area (Å²) in [6, 6.07) is 10.1. The van der Waals surface area contributed by atoms with Crippen molar-refractivity contribution in [3.05, 3.63) is 35.9 Å². The van der Waals surface area contributed by atoms with Crippen LogP contribution in [0.4, 0.5) is 0 Å². The highest BCUT2D eigenvalue weighted by molar-refractivity contribution is 5.89. The van der Waals surface area contributed by atoms with E-state index in [0.29, 0.717) is 25.4 Å². The molecule has 1 aromatic rings. The lowest BCUT2D eigenvalue weighted by atomic mass is 10.0. The molecule has 0 spiro atoms. The molecule has 1 aliphatic heterocycles. The molecule has 2 unspecified atom stereocenters. The minimum atomic E-state index is -0.200. The normalized spacial score (nSPS) is 19.5. The molecule has 1 heterocycles. The lowest BCUT2D eigenvalue weighted by molar-refractivity contribution is -0.129. The molecule has 2 rings (SSSR count). The summed E-state index contributed by atoms with van der Waals surface area (Å²) >= 11 is 0. The molecule has 120 valence electrons. The molecule has 1 aromatic carbocycles. The van der Waals surface area contributed by atoms with E-state index in [4.69, 9.17) is 0 Å². The van der Waals surface area contributed by atoms with Crippen molar-refractivity contribution < 1.29 is 9.59 Å². The number of likely N-dealkylation sites (tertiary alicyclic amines) is 1. The van der Waals surface area contributed by atoms with Crippen molar-refractivity contribution in [2.24, 2.45) is 11.8 Å². The predicted molar refractivity (Wildman–Crippen MR) is 87.4 cm³/mol. The summed E-state index contributed by atoms with van der Waals surface area (Å²) in [7, 11) is 0. The molecular formula is C18H26N2O2. The van der Waals surface area contributed by atoms with Gasteiger partial charge in [-0.05, 0) is 17.4 Å². The Kier molecular flexibility index (Phi) is 5.58. The van der Waals surface area contributed by atoms with E-state index in [1.807, 2.05) is 23.1 Å². The minimum absolute atomic E-state index is 0.00221. The first-order valence-corrected chi connectivity index (χ1v) is 8.07. The van der Waals surface area contributed by atoms with Crippen LogP contribution in [0.3, 0.4) is 0 Å². The van der Waals surface area contributed by atoms with E-state index < -0.39 is 0 Å². The Bertz CT molecular complexity index is 513. The van der Waals surface area contributed by atoms with E-state index in [2.05, 4.69) is 38.2 Å². The van der Waals surface area contributed by atoms with Gasteiger partial charge in [-0.15, -0.1) is 0 Å². The molecule has 1 aliphatic rings. The molecule has 1 N–H and O–H groups in total. The van der Waals surface area contributed by atoms with Gasteiger partial charge in [0.15, 0.2) is 0 Å². The lowest BCUT2D eigenvalue weighted by Gasteiger charge is -2.19. The highest BCUT2D eigenvalue weighted by atomic mass is 16.2. The maximum atomic E-state index is 12.3. The van der Waals surface area contributed by atoms with Crippen molar-refractivity contribution in [2.75, 3.05) is 19.6 Å². The third-order valence-electron chi connectivity index (χ3n) is 4.12. The van der Waals surface area contributed by atoms with Gasteiger partial charge in [0.2, 0.25) is 11.8 Å². The number of nitrogens with zero attached hydrogens (tertiary/aromatic N) is 1. The van der Waals surface area contributed by atoms with Crippen LogP contribution in [0.1, 0.15) is 38.7 Å². The fourth-order valence-electron chi connectivity index (χ4n) is 2.86. The quantitative estimate of drug-likeness (QED) is 0.877. The Hall–Kier alpha value is -1.84. The molecule has 0 aliphatic carbocycles. The van der Waals surface area contributed by atoms with Gasteiger partial charge in [0.1, 0.15) is 0 Å². The average molecular weight is 302 g/mol. The van der Waals surface area contributed by atoms with Crippen molar-refractivity contribution in [1.29, 1.82) is 0 Å². The van der Waals surface area contributed by atoms with Gasteiger partial charge in [0.25, 0.3) is 0 Å². The second kappa shape index (κ2) is 7.43. The Labute approximate surface area is 132 Å². The first-order chi connectivity index (χ1) is 10.5. The zero-order chi connectivity index (χ0) is 16.1. The number of amides is 2. The van der Waals surface area contributed by atoms with Gasteiger partial charge in [-0.25, -0.2) is 0 Å². The molecule has 22 heavy (non-hydrogen) atoms. The standard InChI is InChI=1S/C18H26N2O2/c1-13(2)11-20-12-16(9-17(20)21)18(22)19-10-14(3)15-7-5-4-6-8-15/h4-8,13-14,16H,9-12H2,1-3H3,(H,19,22). The van der Waals surface area contributed by atoms with E-state index in [9.17, 15) is 9.59 Å². The molecule has 0 saturated carbocycles. The molecule has 2 amide bonds. The smallest absolute Gasteiger partial charge is 0.225 e. The zero-order valence-corrected chi connectivity index (χ0v) is 13.7. The van der Waals surface area contributed by atoms with Gasteiger partial charge in [0.05, 0.1) is 5.92 Å². The van der Waals surface area contributed by atoms with Crippen molar-refractivity contribution in [3.63, 3.8) is 0 Å². The van der Waals surface area contributed by atoms with E-state index >= 15 is 0 Å². The summed E-state index contributed by atoms with van der Waals surface area (Å²) in [6.45, 7) is 8.17. The van der Waals surface area contributed by atoms with Gasteiger partial charge >= 0.3 is 0 Å². The van der Waals surface area contributed by atoms with Crippen LogP contribution in [-0.4, -0.2) is 36.3 Å².